The first-order valence-corrected chi connectivity index (χ1v) is 11.0. The van der Waals surface area contributed by atoms with Gasteiger partial charge in [0, 0.05) is 15.6 Å². The molecule has 0 fully saturated rings. The number of nitrogens with zero attached hydrogens (tertiary/aromatic N) is 5. The molecule has 0 radical (unpaired) electrons. The van der Waals surface area contributed by atoms with E-state index < -0.39 is 16.3 Å². The number of halogens is 3. The van der Waals surface area contributed by atoms with Crippen LogP contribution in [-0.2, 0) is 0 Å². The summed E-state index contributed by atoms with van der Waals surface area (Å²) in [5.74, 6) is -0.443. The van der Waals surface area contributed by atoms with E-state index in [1.807, 2.05) is 0 Å². The molecule has 2 aromatic heterocycles. The van der Waals surface area contributed by atoms with Gasteiger partial charge in [-0.05, 0) is 59.5 Å². The molecule has 168 valence electrons. The monoisotopic (exact) mass is 511 g/mol. The predicted octanol–water partition coefficient (Wildman–Crippen LogP) is 6.11. The van der Waals surface area contributed by atoms with Crippen LogP contribution in [0, 0.1) is 10.1 Å². The van der Waals surface area contributed by atoms with E-state index in [9.17, 15) is 14.9 Å². The Balaban J connectivity index is 1.95. The van der Waals surface area contributed by atoms with E-state index in [0.29, 0.717) is 27.0 Å². The van der Waals surface area contributed by atoms with Gasteiger partial charge in [0.15, 0.2) is 16.9 Å². The number of fused-ring (bicyclic) bond motifs is 1. The zero-order valence-electron chi connectivity index (χ0n) is 17.0. The van der Waals surface area contributed by atoms with Crippen molar-refractivity contribution in [3.63, 3.8) is 0 Å². The standard InChI is InChI=1S/C23H12Cl3N5O3/c24-13-6-9-15(10-7-13)29-20(17-11-8-14(25)12-18(17)26)27-21-19(23(29)32)22(31(33)34)28-30(21)16-4-2-1-3-5-16/h1-12H. The van der Waals surface area contributed by atoms with Crippen LogP contribution in [0.5, 0.6) is 0 Å². The van der Waals surface area contributed by atoms with Gasteiger partial charge in [0.1, 0.15) is 0 Å². The number of rotatable bonds is 4. The SMILES string of the molecule is O=c1c2c([N+](=O)[O-])nn(-c3ccccc3)c2nc(-c2ccc(Cl)cc2Cl)n1-c1ccc(Cl)cc1. The average molecular weight is 513 g/mol. The van der Waals surface area contributed by atoms with Gasteiger partial charge >= 0.3 is 5.82 Å². The predicted molar refractivity (Wildman–Crippen MR) is 132 cm³/mol. The summed E-state index contributed by atoms with van der Waals surface area (Å²) in [5, 5.41) is 16.8. The van der Waals surface area contributed by atoms with Crippen LogP contribution in [-0.4, -0.2) is 24.3 Å². The van der Waals surface area contributed by atoms with Gasteiger partial charge in [0.25, 0.3) is 5.56 Å². The Hall–Kier alpha value is -3.72. The molecule has 0 atom stereocenters. The van der Waals surface area contributed by atoms with Gasteiger partial charge < -0.3 is 10.1 Å². The van der Waals surface area contributed by atoms with Gasteiger partial charge in [-0.25, -0.2) is 4.98 Å². The maximum atomic E-state index is 13.8. The van der Waals surface area contributed by atoms with Crippen LogP contribution >= 0.6 is 34.8 Å². The van der Waals surface area contributed by atoms with Crippen LogP contribution in [0.4, 0.5) is 5.82 Å². The highest BCUT2D eigenvalue weighted by Crippen LogP contribution is 2.33. The Labute approximate surface area is 206 Å². The number of hydrogen-bond acceptors (Lipinski definition) is 5. The Kier molecular flexibility index (Phi) is 5.57. The summed E-state index contributed by atoms with van der Waals surface area (Å²) in [4.78, 5) is 29.6. The highest BCUT2D eigenvalue weighted by molar-refractivity contribution is 6.36. The van der Waals surface area contributed by atoms with Crippen LogP contribution in [0.25, 0.3) is 33.8 Å². The van der Waals surface area contributed by atoms with E-state index in [2.05, 4.69) is 10.1 Å². The Morgan fingerprint density at radius 1 is 0.853 bits per heavy atom. The Bertz CT molecular complexity index is 1630. The summed E-state index contributed by atoms with van der Waals surface area (Å²) in [6, 6.07) is 19.9. The van der Waals surface area contributed by atoms with E-state index in [1.165, 1.54) is 15.3 Å². The van der Waals surface area contributed by atoms with Crippen molar-refractivity contribution >= 4 is 51.7 Å². The van der Waals surface area contributed by atoms with Crippen LogP contribution in [0.1, 0.15) is 0 Å². The minimum absolute atomic E-state index is 0.0223. The maximum Gasteiger partial charge on any atom is 0.405 e. The lowest BCUT2D eigenvalue weighted by molar-refractivity contribution is -0.388. The van der Waals surface area contributed by atoms with Crippen LogP contribution in [0.15, 0.2) is 77.6 Å². The molecule has 5 aromatic rings. The zero-order valence-corrected chi connectivity index (χ0v) is 19.3. The summed E-state index contributed by atoms with van der Waals surface area (Å²) in [7, 11) is 0. The minimum atomic E-state index is -0.702. The molecule has 5 rings (SSSR count). The van der Waals surface area contributed by atoms with Crippen molar-refractivity contribution in [2.75, 3.05) is 0 Å². The minimum Gasteiger partial charge on any atom is -0.358 e. The van der Waals surface area contributed by atoms with Crippen LogP contribution in [0.2, 0.25) is 15.1 Å². The van der Waals surface area contributed by atoms with E-state index in [1.54, 1.807) is 66.7 Å². The molecule has 2 heterocycles. The molecule has 0 bridgehead atoms. The Morgan fingerprint density at radius 2 is 1.53 bits per heavy atom. The molecular formula is C23H12Cl3N5O3. The molecule has 0 aliphatic carbocycles. The number of aromatic nitrogens is 4. The van der Waals surface area contributed by atoms with Gasteiger partial charge in [-0.2, -0.15) is 0 Å². The summed E-state index contributed by atoms with van der Waals surface area (Å²) in [6.07, 6.45) is 0. The second-order valence-electron chi connectivity index (χ2n) is 7.20. The molecule has 0 aliphatic heterocycles. The summed E-state index contributed by atoms with van der Waals surface area (Å²) < 4.78 is 2.52. The summed E-state index contributed by atoms with van der Waals surface area (Å²) in [6.45, 7) is 0. The van der Waals surface area contributed by atoms with E-state index in [4.69, 9.17) is 34.8 Å². The van der Waals surface area contributed by atoms with Crippen LogP contribution in [0.3, 0.4) is 0 Å². The van der Waals surface area contributed by atoms with Gasteiger partial charge in [-0.15, -0.1) is 4.68 Å². The van der Waals surface area contributed by atoms with Crippen molar-refractivity contribution in [3.8, 4) is 22.8 Å². The third kappa shape index (κ3) is 3.71. The molecular weight excluding hydrogens is 501 g/mol. The maximum absolute atomic E-state index is 13.8. The number of para-hydroxylation sites is 1. The molecule has 8 nitrogen and oxygen atoms in total. The quantitative estimate of drug-likeness (QED) is 0.214. The van der Waals surface area contributed by atoms with E-state index >= 15 is 0 Å². The molecule has 3 aromatic carbocycles. The topological polar surface area (TPSA) is 95.8 Å². The normalized spacial score (nSPS) is 11.1. The van der Waals surface area contributed by atoms with Crippen molar-refractivity contribution in [3.05, 3.63) is 108 Å². The number of hydrogen-bond donors (Lipinski definition) is 0. The van der Waals surface area contributed by atoms with E-state index in [-0.39, 0.29) is 21.9 Å². The number of nitro groups is 1. The Morgan fingerprint density at radius 3 is 2.18 bits per heavy atom. The molecule has 0 saturated heterocycles. The molecule has 0 amide bonds. The first-order chi connectivity index (χ1) is 16.3. The lowest BCUT2D eigenvalue weighted by atomic mass is 10.2. The molecule has 0 N–H and O–H groups in total. The van der Waals surface area contributed by atoms with Crippen molar-refractivity contribution < 1.29 is 4.92 Å². The molecule has 11 heteroatoms. The second-order valence-corrected chi connectivity index (χ2v) is 8.48. The van der Waals surface area contributed by atoms with E-state index in [0.717, 1.165) is 0 Å². The lowest BCUT2D eigenvalue weighted by Gasteiger charge is -2.14. The van der Waals surface area contributed by atoms with Crippen molar-refractivity contribution in [2.24, 2.45) is 0 Å². The van der Waals surface area contributed by atoms with Gasteiger partial charge in [-0.3, -0.25) is 9.36 Å². The fraction of sp³-hybridized carbons (Fsp3) is 0. The first-order valence-electron chi connectivity index (χ1n) is 9.82. The van der Waals surface area contributed by atoms with Gasteiger partial charge in [-0.1, -0.05) is 53.0 Å². The highest BCUT2D eigenvalue weighted by Gasteiger charge is 2.30. The fourth-order valence-electron chi connectivity index (χ4n) is 3.61. The van der Waals surface area contributed by atoms with Crippen molar-refractivity contribution in [1.29, 1.82) is 0 Å². The molecule has 0 aliphatic rings. The van der Waals surface area contributed by atoms with Gasteiger partial charge in [0.05, 0.1) is 21.5 Å². The van der Waals surface area contributed by atoms with Gasteiger partial charge in [0.2, 0.25) is 0 Å². The third-order valence-corrected chi connectivity index (χ3v) is 5.91. The largest absolute Gasteiger partial charge is 0.405 e. The summed E-state index contributed by atoms with van der Waals surface area (Å²) in [5.41, 5.74) is 0.649. The lowest BCUT2D eigenvalue weighted by Crippen LogP contribution is -2.22. The van der Waals surface area contributed by atoms with Crippen molar-refractivity contribution in [1.82, 2.24) is 19.3 Å². The fourth-order valence-corrected chi connectivity index (χ4v) is 4.23. The smallest absolute Gasteiger partial charge is 0.358 e. The molecule has 0 saturated carbocycles. The second kappa shape index (κ2) is 8.57. The first kappa shape index (κ1) is 22.1. The van der Waals surface area contributed by atoms with Crippen LogP contribution < -0.4 is 5.56 Å². The highest BCUT2D eigenvalue weighted by atomic mass is 35.5. The van der Waals surface area contributed by atoms with Crippen molar-refractivity contribution in [2.45, 2.75) is 0 Å². The third-order valence-electron chi connectivity index (χ3n) is 5.11. The number of benzene rings is 3. The molecule has 0 unspecified atom stereocenters. The zero-order chi connectivity index (χ0) is 24.0. The average Bonchev–Trinajstić information content (AvgIpc) is 3.21. The summed E-state index contributed by atoms with van der Waals surface area (Å²) >= 11 is 18.6. The molecule has 0 spiro atoms. The molecule has 34 heavy (non-hydrogen) atoms.